The van der Waals surface area contributed by atoms with E-state index >= 15 is 0 Å². The molecule has 12 heavy (non-hydrogen) atoms. The molecule has 0 N–H and O–H groups in total. The van der Waals surface area contributed by atoms with E-state index in [0.717, 1.165) is 17.8 Å². The second kappa shape index (κ2) is 5.26. The van der Waals surface area contributed by atoms with Crippen LogP contribution in [0.1, 0.15) is 46.0 Å². The molecule has 0 saturated heterocycles. The Bertz CT molecular complexity index is 114. The summed E-state index contributed by atoms with van der Waals surface area (Å²) in [5.41, 5.74) is 0. The van der Waals surface area contributed by atoms with E-state index in [1.165, 1.54) is 37.4 Å². The summed E-state index contributed by atoms with van der Waals surface area (Å²) >= 11 is 3.62. The SMILES string of the molecule is CC(C)C(CBr)CC1CCCC1. The van der Waals surface area contributed by atoms with Crippen molar-refractivity contribution in [2.75, 3.05) is 5.33 Å². The average molecular weight is 233 g/mol. The Balaban J connectivity index is 2.26. The summed E-state index contributed by atoms with van der Waals surface area (Å²) < 4.78 is 0. The first-order valence-corrected chi connectivity index (χ1v) is 6.42. The van der Waals surface area contributed by atoms with Crippen molar-refractivity contribution in [1.29, 1.82) is 0 Å². The smallest absolute Gasteiger partial charge is 0.00622 e. The van der Waals surface area contributed by atoms with E-state index < -0.39 is 0 Å². The van der Waals surface area contributed by atoms with E-state index in [1.807, 2.05) is 0 Å². The summed E-state index contributed by atoms with van der Waals surface area (Å²) in [6.07, 6.45) is 7.42. The molecule has 0 amide bonds. The third-order valence-corrected chi connectivity index (χ3v) is 4.08. The van der Waals surface area contributed by atoms with Crippen LogP contribution in [0.4, 0.5) is 0 Å². The Hall–Kier alpha value is 0.480. The first kappa shape index (κ1) is 10.6. The minimum Gasteiger partial charge on any atom is -0.0925 e. The quantitative estimate of drug-likeness (QED) is 0.637. The summed E-state index contributed by atoms with van der Waals surface area (Å²) in [5.74, 6) is 2.81. The summed E-state index contributed by atoms with van der Waals surface area (Å²) in [4.78, 5) is 0. The van der Waals surface area contributed by atoms with Crippen molar-refractivity contribution in [3.63, 3.8) is 0 Å². The van der Waals surface area contributed by atoms with Gasteiger partial charge < -0.3 is 0 Å². The van der Waals surface area contributed by atoms with Crippen LogP contribution in [0.5, 0.6) is 0 Å². The highest BCUT2D eigenvalue weighted by Gasteiger charge is 2.21. The van der Waals surface area contributed by atoms with Crippen molar-refractivity contribution in [1.82, 2.24) is 0 Å². The van der Waals surface area contributed by atoms with Crippen molar-refractivity contribution in [3.05, 3.63) is 0 Å². The lowest BCUT2D eigenvalue weighted by Crippen LogP contribution is -2.14. The number of halogens is 1. The van der Waals surface area contributed by atoms with Gasteiger partial charge in [0.15, 0.2) is 0 Å². The number of alkyl halides is 1. The summed E-state index contributed by atoms with van der Waals surface area (Å²) in [6, 6.07) is 0. The fourth-order valence-corrected chi connectivity index (χ4v) is 3.20. The molecular formula is C11H21Br. The lowest BCUT2D eigenvalue weighted by Gasteiger charge is -2.21. The standard InChI is InChI=1S/C11H21Br/c1-9(2)11(8-12)7-10-5-3-4-6-10/h9-11H,3-8H2,1-2H3. The van der Waals surface area contributed by atoms with Gasteiger partial charge in [-0.15, -0.1) is 0 Å². The fraction of sp³-hybridized carbons (Fsp3) is 1.00. The van der Waals surface area contributed by atoms with Gasteiger partial charge in [0.2, 0.25) is 0 Å². The van der Waals surface area contributed by atoms with Crippen LogP contribution in [0.15, 0.2) is 0 Å². The molecule has 72 valence electrons. The van der Waals surface area contributed by atoms with Gasteiger partial charge in [-0.05, 0) is 24.2 Å². The zero-order valence-corrected chi connectivity index (χ0v) is 9.94. The van der Waals surface area contributed by atoms with Gasteiger partial charge in [0.1, 0.15) is 0 Å². The number of hydrogen-bond acceptors (Lipinski definition) is 0. The maximum atomic E-state index is 3.62. The maximum Gasteiger partial charge on any atom is 0.00622 e. The van der Waals surface area contributed by atoms with E-state index in [9.17, 15) is 0 Å². The molecule has 0 aromatic heterocycles. The summed E-state index contributed by atoms with van der Waals surface area (Å²) in [7, 11) is 0. The zero-order chi connectivity index (χ0) is 8.97. The van der Waals surface area contributed by atoms with Crippen LogP contribution in [-0.4, -0.2) is 5.33 Å². The van der Waals surface area contributed by atoms with Crippen LogP contribution in [0.2, 0.25) is 0 Å². The predicted octanol–water partition coefficient (Wildman–Crippen LogP) is 4.23. The fourth-order valence-electron chi connectivity index (χ4n) is 2.19. The molecule has 0 heterocycles. The average Bonchev–Trinajstić information content (AvgIpc) is 2.51. The molecule has 1 atom stereocenters. The van der Waals surface area contributed by atoms with Gasteiger partial charge in [-0.25, -0.2) is 0 Å². The van der Waals surface area contributed by atoms with Gasteiger partial charge in [-0.2, -0.15) is 0 Å². The second-order valence-corrected chi connectivity index (χ2v) is 5.19. The van der Waals surface area contributed by atoms with Crippen molar-refractivity contribution in [3.8, 4) is 0 Å². The van der Waals surface area contributed by atoms with Crippen molar-refractivity contribution in [2.45, 2.75) is 46.0 Å². The molecule has 1 aliphatic carbocycles. The van der Waals surface area contributed by atoms with Crippen molar-refractivity contribution in [2.24, 2.45) is 17.8 Å². The molecule has 1 fully saturated rings. The van der Waals surface area contributed by atoms with E-state index in [-0.39, 0.29) is 0 Å². The van der Waals surface area contributed by atoms with Crippen LogP contribution >= 0.6 is 15.9 Å². The van der Waals surface area contributed by atoms with Gasteiger partial charge in [-0.1, -0.05) is 55.5 Å². The Kier molecular flexibility index (Phi) is 4.63. The molecule has 1 rings (SSSR count). The normalized spacial score (nSPS) is 22.0. The van der Waals surface area contributed by atoms with Crippen LogP contribution in [0.25, 0.3) is 0 Å². The van der Waals surface area contributed by atoms with E-state index in [2.05, 4.69) is 29.8 Å². The third-order valence-electron chi connectivity index (χ3n) is 3.25. The molecule has 0 nitrogen and oxygen atoms in total. The van der Waals surface area contributed by atoms with Crippen LogP contribution in [0.3, 0.4) is 0 Å². The lowest BCUT2D eigenvalue weighted by atomic mass is 9.87. The van der Waals surface area contributed by atoms with Crippen molar-refractivity contribution < 1.29 is 0 Å². The lowest BCUT2D eigenvalue weighted by molar-refractivity contribution is 0.329. The Morgan fingerprint density at radius 1 is 1.25 bits per heavy atom. The zero-order valence-electron chi connectivity index (χ0n) is 8.35. The molecule has 0 aliphatic heterocycles. The largest absolute Gasteiger partial charge is 0.0925 e. The Morgan fingerprint density at radius 2 is 1.83 bits per heavy atom. The molecule has 0 aromatic carbocycles. The molecule has 0 bridgehead atoms. The topological polar surface area (TPSA) is 0 Å². The molecule has 1 saturated carbocycles. The van der Waals surface area contributed by atoms with Crippen LogP contribution < -0.4 is 0 Å². The molecule has 1 heteroatoms. The van der Waals surface area contributed by atoms with Crippen molar-refractivity contribution >= 4 is 15.9 Å². The number of rotatable bonds is 4. The molecule has 0 spiro atoms. The molecule has 0 aromatic rings. The van der Waals surface area contributed by atoms with E-state index in [1.54, 1.807) is 0 Å². The Labute approximate surface area is 85.3 Å². The maximum absolute atomic E-state index is 3.62. The number of hydrogen-bond donors (Lipinski definition) is 0. The third kappa shape index (κ3) is 3.08. The molecule has 1 aliphatic rings. The van der Waals surface area contributed by atoms with Crippen LogP contribution in [0, 0.1) is 17.8 Å². The second-order valence-electron chi connectivity index (χ2n) is 4.54. The van der Waals surface area contributed by atoms with Gasteiger partial charge in [0.25, 0.3) is 0 Å². The van der Waals surface area contributed by atoms with E-state index in [4.69, 9.17) is 0 Å². The minimum absolute atomic E-state index is 0.852. The highest BCUT2D eigenvalue weighted by molar-refractivity contribution is 9.09. The highest BCUT2D eigenvalue weighted by atomic mass is 79.9. The van der Waals surface area contributed by atoms with E-state index in [0.29, 0.717) is 0 Å². The van der Waals surface area contributed by atoms with Crippen LogP contribution in [-0.2, 0) is 0 Å². The minimum atomic E-state index is 0.852. The van der Waals surface area contributed by atoms with Gasteiger partial charge >= 0.3 is 0 Å². The van der Waals surface area contributed by atoms with Gasteiger partial charge in [0.05, 0.1) is 0 Å². The Morgan fingerprint density at radius 3 is 2.25 bits per heavy atom. The van der Waals surface area contributed by atoms with Gasteiger partial charge in [-0.3, -0.25) is 0 Å². The molecular weight excluding hydrogens is 212 g/mol. The summed E-state index contributed by atoms with van der Waals surface area (Å²) in [5, 5.41) is 1.20. The predicted molar refractivity (Wildman–Crippen MR) is 58.7 cm³/mol. The highest BCUT2D eigenvalue weighted by Crippen LogP contribution is 2.33. The molecule has 1 unspecified atom stereocenters. The summed E-state index contributed by atoms with van der Waals surface area (Å²) in [6.45, 7) is 4.70. The first-order valence-electron chi connectivity index (χ1n) is 5.30. The van der Waals surface area contributed by atoms with Gasteiger partial charge in [0, 0.05) is 5.33 Å². The first-order chi connectivity index (χ1) is 5.74. The molecule has 0 radical (unpaired) electrons. The monoisotopic (exact) mass is 232 g/mol.